The SMILES string of the molecule is CC/C=C\C/C=C\C/C=C\C/C=C\C/C=C\CC(=O)OCC(COP(=O)(O)OCC(O)COP(=O)(O)OCC(COC(=O)CCCC/C=C\C/C=C\C/C=C\C/C=C\CC)OC(=O)CCCCCCC/C=C\C/C=C\CCC)OC(=O)CCCCCCC/C=C\CCCCCCCC. The molecule has 98 heavy (non-hydrogen) atoms. The minimum absolute atomic E-state index is 0.0609. The second-order valence-corrected chi connectivity index (χ2v) is 27.0. The topological polar surface area (TPSA) is 237 Å². The number of allylic oxidation sites excluding steroid dienone is 23. The van der Waals surface area contributed by atoms with Gasteiger partial charge in [-0.2, -0.15) is 0 Å². The van der Waals surface area contributed by atoms with Crippen LogP contribution < -0.4 is 0 Å². The van der Waals surface area contributed by atoms with Gasteiger partial charge in [0.1, 0.15) is 19.3 Å². The lowest BCUT2D eigenvalue weighted by molar-refractivity contribution is -0.161. The van der Waals surface area contributed by atoms with Crippen molar-refractivity contribution in [2.24, 2.45) is 0 Å². The monoisotopic (exact) mass is 1410 g/mol. The van der Waals surface area contributed by atoms with Crippen molar-refractivity contribution in [3.8, 4) is 0 Å². The molecule has 5 atom stereocenters. The number of hydrogen-bond donors (Lipinski definition) is 3. The maximum Gasteiger partial charge on any atom is 0.472 e. The Bertz CT molecular complexity index is 2430. The van der Waals surface area contributed by atoms with Gasteiger partial charge in [0.25, 0.3) is 0 Å². The summed E-state index contributed by atoms with van der Waals surface area (Å²) in [5.74, 6) is -2.41. The van der Waals surface area contributed by atoms with Crippen molar-refractivity contribution in [1.82, 2.24) is 0 Å². The molecule has 0 radical (unpaired) electrons. The van der Waals surface area contributed by atoms with Crippen LogP contribution in [-0.4, -0.2) is 96.7 Å². The molecule has 0 bridgehead atoms. The highest BCUT2D eigenvalue weighted by Crippen LogP contribution is 2.45. The summed E-state index contributed by atoms with van der Waals surface area (Å²) < 4.78 is 68.2. The first kappa shape index (κ1) is 92.9. The first-order chi connectivity index (χ1) is 47.7. The summed E-state index contributed by atoms with van der Waals surface area (Å²) in [6.07, 6.45) is 78.8. The average molecular weight is 1410 g/mol. The van der Waals surface area contributed by atoms with Gasteiger partial charge in [-0.1, -0.05) is 251 Å². The van der Waals surface area contributed by atoms with Crippen molar-refractivity contribution < 1.29 is 80.2 Å². The zero-order chi connectivity index (χ0) is 71.8. The summed E-state index contributed by atoms with van der Waals surface area (Å²) in [7, 11) is -10.00. The molecular formula is C79H130O17P2. The van der Waals surface area contributed by atoms with E-state index in [-0.39, 0.29) is 25.7 Å². The van der Waals surface area contributed by atoms with E-state index in [0.29, 0.717) is 25.7 Å². The van der Waals surface area contributed by atoms with E-state index in [1.807, 2.05) is 18.2 Å². The van der Waals surface area contributed by atoms with Gasteiger partial charge in [0, 0.05) is 19.3 Å². The number of rotatable bonds is 68. The van der Waals surface area contributed by atoms with Crippen LogP contribution in [0.5, 0.6) is 0 Å². The van der Waals surface area contributed by atoms with Crippen molar-refractivity contribution in [3.05, 3.63) is 146 Å². The molecule has 0 heterocycles. The molecule has 0 aliphatic heterocycles. The van der Waals surface area contributed by atoms with Crippen LogP contribution >= 0.6 is 15.6 Å². The van der Waals surface area contributed by atoms with E-state index in [1.165, 1.54) is 38.5 Å². The number of aliphatic hydroxyl groups excluding tert-OH is 1. The maximum atomic E-state index is 13.1. The fourth-order valence-corrected chi connectivity index (χ4v) is 10.8. The predicted molar refractivity (Wildman–Crippen MR) is 399 cm³/mol. The van der Waals surface area contributed by atoms with Gasteiger partial charge < -0.3 is 33.8 Å². The molecule has 0 aromatic rings. The van der Waals surface area contributed by atoms with Crippen LogP contribution in [0.1, 0.15) is 272 Å². The number of aliphatic hydroxyl groups is 1. The largest absolute Gasteiger partial charge is 0.472 e. The Morgan fingerprint density at radius 1 is 0.306 bits per heavy atom. The van der Waals surface area contributed by atoms with Gasteiger partial charge >= 0.3 is 39.5 Å². The van der Waals surface area contributed by atoms with E-state index in [0.717, 1.165) is 154 Å². The second-order valence-electron chi connectivity index (χ2n) is 24.1. The summed E-state index contributed by atoms with van der Waals surface area (Å²) in [6.45, 7) is 4.36. The average Bonchev–Trinajstić information content (AvgIpc) is 1.04. The molecule has 0 aliphatic rings. The van der Waals surface area contributed by atoms with Crippen LogP contribution in [0.4, 0.5) is 0 Å². The van der Waals surface area contributed by atoms with Gasteiger partial charge in [0.2, 0.25) is 0 Å². The molecule has 0 amide bonds. The number of hydrogen-bond acceptors (Lipinski definition) is 15. The summed E-state index contributed by atoms with van der Waals surface area (Å²) >= 11 is 0. The summed E-state index contributed by atoms with van der Waals surface area (Å²) in [5.41, 5.74) is 0. The number of carbonyl (C=O) groups is 4. The molecule has 3 N–H and O–H groups in total. The van der Waals surface area contributed by atoms with E-state index < -0.39 is 97.5 Å². The number of phosphoric ester groups is 2. The van der Waals surface area contributed by atoms with Gasteiger partial charge in [-0.25, -0.2) is 9.13 Å². The fourth-order valence-electron chi connectivity index (χ4n) is 9.20. The third-order valence-electron chi connectivity index (χ3n) is 14.8. The van der Waals surface area contributed by atoms with Crippen LogP contribution in [0.3, 0.4) is 0 Å². The Balaban J connectivity index is 5.47. The first-order valence-corrected chi connectivity index (χ1v) is 40.1. The zero-order valence-corrected chi connectivity index (χ0v) is 62.4. The molecule has 19 heteroatoms. The Morgan fingerprint density at radius 2 is 0.592 bits per heavy atom. The number of esters is 4. The first-order valence-electron chi connectivity index (χ1n) is 37.1. The van der Waals surface area contributed by atoms with E-state index in [4.69, 9.17) is 37.0 Å². The highest BCUT2D eigenvalue weighted by Gasteiger charge is 2.30. The zero-order valence-electron chi connectivity index (χ0n) is 60.7. The summed E-state index contributed by atoms with van der Waals surface area (Å²) in [5, 5.41) is 10.6. The number of phosphoric acid groups is 2. The van der Waals surface area contributed by atoms with Crippen molar-refractivity contribution in [2.45, 2.75) is 290 Å². The summed E-state index contributed by atoms with van der Waals surface area (Å²) in [6, 6.07) is 0. The van der Waals surface area contributed by atoms with Crippen LogP contribution in [0.15, 0.2) is 146 Å². The van der Waals surface area contributed by atoms with E-state index in [1.54, 1.807) is 6.08 Å². The lowest BCUT2D eigenvalue weighted by Gasteiger charge is -2.21. The molecule has 0 spiro atoms. The molecule has 5 unspecified atom stereocenters. The van der Waals surface area contributed by atoms with Gasteiger partial charge in [0.05, 0.1) is 32.8 Å². The van der Waals surface area contributed by atoms with Crippen LogP contribution in [0.25, 0.3) is 0 Å². The van der Waals surface area contributed by atoms with Crippen molar-refractivity contribution in [1.29, 1.82) is 0 Å². The third kappa shape index (κ3) is 69.4. The Hall–Kier alpha value is -5.06. The van der Waals surface area contributed by atoms with E-state index >= 15 is 0 Å². The Labute approximate surface area is 592 Å². The molecule has 0 aromatic carbocycles. The van der Waals surface area contributed by atoms with E-state index in [2.05, 4.69) is 149 Å². The van der Waals surface area contributed by atoms with Crippen LogP contribution in [-0.2, 0) is 65.4 Å². The molecule has 0 fully saturated rings. The van der Waals surface area contributed by atoms with E-state index in [9.17, 15) is 43.2 Å². The lowest BCUT2D eigenvalue weighted by Crippen LogP contribution is -2.30. The number of unbranched alkanes of at least 4 members (excludes halogenated alkanes) is 19. The molecule has 0 aliphatic carbocycles. The molecule has 558 valence electrons. The summed E-state index contributed by atoms with van der Waals surface area (Å²) in [4.78, 5) is 72.7. The normalized spacial score (nSPS) is 14.8. The quantitative estimate of drug-likeness (QED) is 0.0169. The minimum Gasteiger partial charge on any atom is -0.462 e. The minimum atomic E-state index is -5.00. The van der Waals surface area contributed by atoms with Crippen LogP contribution in [0, 0.1) is 0 Å². The highest BCUT2D eigenvalue weighted by atomic mass is 31.2. The predicted octanol–water partition coefficient (Wildman–Crippen LogP) is 21.1. The Morgan fingerprint density at radius 3 is 0.980 bits per heavy atom. The Kier molecular flexibility index (Phi) is 66.7. The lowest BCUT2D eigenvalue weighted by atomic mass is 10.1. The standard InChI is InChI=1S/C79H130O17P2/c1-5-9-13-17-21-25-29-33-36-40-43-47-51-55-59-63-76(81)89-69-74(95-78(83)65-61-57-53-49-45-39-32-28-24-20-16-12-8-4)71-93-97(85,86)91-67-73(80)68-92-98(87,88)94-72-75(96-79(84)66-62-58-54-50-46-42-38-35-31-27-23-19-15-11-7-3)70-90-77(82)64-60-56-52-48-44-41-37-34-30-26-22-18-14-10-6-2/h9-10,13-14,16,20-22,25-26,28,32-38,43-44,47-48,56,60,73-75,80H,5-8,11-12,15,17-19,23-24,27,29-31,39-42,45-46,49-55,57-59,61-72H2,1-4H3,(H,85,86)(H,87,88)/b13-9-,14-10-,20-16-,25-21-,26-22-,32-28-,36-33-,37-34-,38-35-,47-43-,48-44-,60-56-. The molecule has 17 nitrogen and oxygen atoms in total. The molecule has 0 rings (SSSR count). The van der Waals surface area contributed by atoms with Gasteiger partial charge in [-0.3, -0.25) is 37.3 Å². The molecule has 0 saturated carbocycles. The molecule has 0 saturated heterocycles. The third-order valence-corrected chi connectivity index (χ3v) is 16.7. The molecular weight excluding hydrogens is 1280 g/mol. The maximum absolute atomic E-state index is 13.1. The fraction of sp³-hybridized carbons (Fsp3) is 0.646. The highest BCUT2D eigenvalue weighted by molar-refractivity contribution is 7.47. The van der Waals surface area contributed by atoms with Gasteiger partial charge in [-0.15, -0.1) is 0 Å². The van der Waals surface area contributed by atoms with Crippen molar-refractivity contribution in [3.63, 3.8) is 0 Å². The van der Waals surface area contributed by atoms with Crippen LogP contribution in [0.2, 0.25) is 0 Å². The smallest absolute Gasteiger partial charge is 0.462 e. The van der Waals surface area contributed by atoms with Gasteiger partial charge in [-0.05, 0) is 141 Å². The van der Waals surface area contributed by atoms with Crippen molar-refractivity contribution >= 4 is 39.5 Å². The number of ether oxygens (including phenoxy) is 4. The van der Waals surface area contributed by atoms with Crippen molar-refractivity contribution in [2.75, 3.05) is 39.6 Å². The molecule has 0 aromatic heterocycles. The second kappa shape index (κ2) is 70.4. The number of carbonyl (C=O) groups excluding carboxylic acids is 4. The van der Waals surface area contributed by atoms with Gasteiger partial charge in [0.15, 0.2) is 12.2 Å².